The van der Waals surface area contributed by atoms with Crippen molar-refractivity contribution in [1.29, 1.82) is 0 Å². The zero-order valence-corrected chi connectivity index (χ0v) is 13.5. The molecule has 1 saturated heterocycles. The molecule has 3 nitrogen and oxygen atoms in total. The van der Waals surface area contributed by atoms with Crippen LogP contribution in [0.15, 0.2) is 48.5 Å². The Morgan fingerprint density at radius 1 is 1.00 bits per heavy atom. The predicted octanol–water partition coefficient (Wildman–Crippen LogP) is 3.05. The van der Waals surface area contributed by atoms with Crippen molar-refractivity contribution in [3.8, 4) is 11.1 Å². The molecule has 1 fully saturated rings. The van der Waals surface area contributed by atoms with Gasteiger partial charge in [0.05, 0.1) is 0 Å². The topological polar surface area (TPSA) is 32.3 Å². The van der Waals surface area contributed by atoms with Crippen molar-refractivity contribution < 1.29 is 4.79 Å². The second-order valence-electron chi connectivity index (χ2n) is 6.72. The molecule has 1 atom stereocenters. The molecule has 1 amide bonds. The molecular weight excluding hydrogens is 284 g/mol. The highest BCUT2D eigenvalue weighted by atomic mass is 16.2. The van der Waals surface area contributed by atoms with Gasteiger partial charge in [0.25, 0.3) is 0 Å². The number of carbonyl (C=O) groups is 1. The lowest BCUT2D eigenvalue weighted by Gasteiger charge is -2.35. The minimum absolute atomic E-state index is 0.0914. The van der Waals surface area contributed by atoms with Gasteiger partial charge in [0.1, 0.15) is 0 Å². The highest BCUT2D eigenvalue weighted by molar-refractivity contribution is 5.81. The monoisotopic (exact) mass is 306 g/mol. The van der Waals surface area contributed by atoms with Crippen LogP contribution in [0.25, 0.3) is 11.1 Å². The van der Waals surface area contributed by atoms with Gasteiger partial charge in [0, 0.05) is 19.0 Å². The van der Waals surface area contributed by atoms with Crippen LogP contribution in [0.5, 0.6) is 0 Å². The van der Waals surface area contributed by atoms with E-state index in [9.17, 15) is 4.79 Å². The summed E-state index contributed by atoms with van der Waals surface area (Å²) in [6, 6.07) is 16.9. The lowest BCUT2D eigenvalue weighted by Crippen LogP contribution is -2.50. The lowest BCUT2D eigenvalue weighted by atomic mass is 9.88. The third-order valence-electron chi connectivity index (χ3n) is 5.27. The van der Waals surface area contributed by atoms with Gasteiger partial charge in [-0.15, -0.1) is 0 Å². The van der Waals surface area contributed by atoms with E-state index < -0.39 is 0 Å². The van der Waals surface area contributed by atoms with Gasteiger partial charge in [0.2, 0.25) is 5.91 Å². The summed E-state index contributed by atoms with van der Waals surface area (Å²) in [4.78, 5) is 15.0. The molecule has 3 heteroatoms. The molecule has 4 rings (SSSR count). The summed E-state index contributed by atoms with van der Waals surface area (Å²) in [5.74, 6) is 0.855. The Morgan fingerprint density at radius 2 is 1.52 bits per heavy atom. The molecule has 0 saturated carbocycles. The summed E-state index contributed by atoms with van der Waals surface area (Å²) in [5.41, 5.74) is 5.00. The smallest absolute Gasteiger partial charge is 0.226 e. The van der Waals surface area contributed by atoms with Gasteiger partial charge in [-0.3, -0.25) is 4.79 Å². The van der Waals surface area contributed by atoms with Crippen LogP contribution in [0.4, 0.5) is 0 Å². The fourth-order valence-electron chi connectivity index (χ4n) is 3.62. The number of hydrogen-bond acceptors (Lipinski definition) is 2. The molecule has 1 N–H and O–H groups in total. The van der Waals surface area contributed by atoms with E-state index in [-0.39, 0.29) is 11.8 Å². The average molecular weight is 306 g/mol. The van der Waals surface area contributed by atoms with Crippen LogP contribution in [-0.4, -0.2) is 23.9 Å². The molecule has 0 spiro atoms. The maximum atomic E-state index is 13.0. The summed E-state index contributed by atoms with van der Waals surface area (Å²) in [6.45, 7) is 5.42. The Labute approximate surface area is 137 Å². The van der Waals surface area contributed by atoms with Crippen molar-refractivity contribution in [3.63, 3.8) is 0 Å². The van der Waals surface area contributed by atoms with Crippen molar-refractivity contribution in [2.75, 3.05) is 13.1 Å². The summed E-state index contributed by atoms with van der Waals surface area (Å²) in [7, 11) is 0. The first kappa shape index (κ1) is 14.5. The van der Waals surface area contributed by atoms with Gasteiger partial charge < -0.3 is 10.2 Å². The highest BCUT2D eigenvalue weighted by Gasteiger charge is 2.33. The van der Waals surface area contributed by atoms with E-state index in [0.717, 1.165) is 13.1 Å². The quantitative estimate of drug-likeness (QED) is 0.925. The fourth-order valence-corrected chi connectivity index (χ4v) is 3.62. The van der Waals surface area contributed by atoms with Crippen molar-refractivity contribution in [3.05, 3.63) is 59.7 Å². The number of carbonyl (C=O) groups excluding carboxylic acids is 1. The minimum Gasteiger partial charge on any atom is -0.334 e. The molecule has 1 unspecified atom stereocenters. The molecule has 2 aliphatic heterocycles. The molecule has 0 aliphatic carbocycles. The van der Waals surface area contributed by atoms with Crippen molar-refractivity contribution in [1.82, 2.24) is 10.2 Å². The third kappa shape index (κ3) is 2.55. The van der Waals surface area contributed by atoms with Crippen LogP contribution < -0.4 is 5.32 Å². The summed E-state index contributed by atoms with van der Waals surface area (Å²) in [5, 5.41) is 3.27. The Bertz CT molecular complexity index is 688. The molecule has 0 radical (unpaired) electrons. The van der Waals surface area contributed by atoms with Crippen molar-refractivity contribution in [2.24, 2.45) is 11.8 Å². The number of hydrogen-bond donors (Lipinski definition) is 1. The third-order valence-corrected chi connectivity index (χ3v) is 5.27. The van der Waals surface area contributed by atoms with Crippen LogP contribution in [0, 0.1) is 11.8 Å². The molecule has 23 heavy (non-hydrogen) atoms. The fraction of sp³-hybridized carbons (Fsp3) is 0.350. The molecule has 0 aromatic heterocycles. The van der Waals surface area contributed by atoms with Crippen LogP contribution in [0.3, 0.4) is 0 Å². The van der Waals surface area contributed by atoms with E-state index in [4.69, 9.17) is 0 Å². The van der Waals surface area contributed by atoms with Gasteiger partial charge >= 0.3 is 0 Å². The van der Waals surface area contributed by atoms with E-state index in [1.165, 1.54) is 22.3 Å². The summed E-state index contributed by atoms with van der Waals surface area (Å²) in [6.07, 6.45) is 0. The Balaban J connectivity index is 1.70. The highest BCUT2D eigenvalue weighted by Crippen LogP contribution is 2.33. The predicted molar refractivity (Wildman–Crippen MR) is 91.7 cm³/mol. The molecule has 2 aromatic carbocycles. The number of fused-ring (bicyclic) bond motifs is 3. The normalized spacial score (nSPS) is 18.4. The van der Waals surface area contributed by atoms with Gasteiger partial charge in [-0.05, 0) is 41.3 Å². The van der Waals surface area contributed by atoms with Crippen molar-refractivity contribution >= 4 is 5.91 Å². The molecule has 118 valence electrons. The Morgan fingerprint density at radius 3 is 2.00 bits per heavy atom. The average Bonchev–Trinajstić information content (AvgIpc) is 2.69. The number of rotatable bonds is 2. The van der Waals surface area contributed by atoms with Crippen LogP contribution >= 0.6 is 0 Å². The van der Waals surface area contributed by atoms with Crippen molar-refractivity contribution in [2.45, 2.75) is 20.0 Å². The molecular formula is C20H22N2O. The Hall–Kier alpha value is -2.13. The van der Waals surface area contributed by atoms with Crippen LogP contribution in [-0.2, 0) is 17.9 Å². The SMILES string of the molecule is CC(C(=O)N1Cc2ccccc2-c2ccccc2C1)C1CNC1. The van der Waals surface area contributed by atoms with Gasteiger partial charge in [-0.2, -0.15) is 0 Å². The second-order valence-corrected chi connectivity index (χ2v) is 6.72. The van der Waals surface area contributed by atoms with Gasteiger partial charge in [-0.1, -0.05) is 55.5 Å². The van der Waals surface area contributed by atoms with Gasteiger partial charge in [-0.25, -0.2) is 0 Å². The van der Waals surface area contributed by atoms with E-state index in [2.05, 4.69) is 60.8 Å². The number of nitrogens with zero attached hydrogens (tertiary/aromatic N) is 1. The van der Waals surface area contributed by atoms with Crippen LogP contribution in [0.1, 0.15) is 18.1 Å². The van der Waals surface area contributed by atoms with E-state index in [1.807, 2.05) is 4.90 Å². The van der Waals surface area contributed by atoms with E-state index >= 15 is 0 Å². The molecule has 2 aliphatic rings. The molecule has 2 heterocycles. The maximum Gasteiger partial charge on any atom is 0.226 e. The summed E-state index contributed by atoms with van der Waals surface area (Å²) >= 11 is 0. The second kappa shape index (κ2) is 5.82. The first-order valence-corrected chi connectivity index (χ1v) is 8.39. The standard InChI is InChI=1S/C20H22N2O/c1-14(17-10-21-11-17)20(23)22-12-15-6-2-4-8-18(15)19-9-5-3-7-16(19)13-22/h2-9,14,17,21H,10-13H2,1H3. The zero-order valence-electron chi connectivity index (χ0n) is 13.5. The lowest BCUT2D eigenvalue weighted by molar-refractivity contribution is -0.138. The molecule has 0 bridgehead atoms. The first-order chi connectivity index (χ1) is 11.2. The maximum absolute atomic E-state index is 13.0. The van der Waals surface area contributed by atoms with E-state index in [0.29, 0.717) is 19.0 Å². The van der Waals surface area contributed by atoms with E-state index in [1.54, 1.807) is 0 Å². The number of amides is 1. The Kier molecular flexibility index (Phi) is 3.66. The van der Waals surface area contributed by atoms with Gasteiger partial charge in [0.15, 0.2) is 0 Å². The summed E-state index contributed by atoms with van der Waals surface area (Å²) < 4.78 is 0. The molecule has 2 aromatic rings. The number of benzene rings is 2. The zero-order chi connectivity index (χ0) is 15.8. The first-order valence-electron chi connectivity index (χ1n) is 8.39. The largest absolute Gasteiger partial charge is 0.334 e. The number of nitrogens with one attached hydrogen (secondary N) is 1. The minimum atomic E-state index is 0.0914. The van der Waals surface area contributed by atoms with Crippen LogP contribution in [0.2, 0.25) is 0 Å².